The summed E-state index contributed by atoms with van der Waals surface area (Å²) >= 11 is 0. The standard InChI is InChI=1S/C20H25FN6O3/c1-5-29-19(30-6-2)12-26-11-17(23-25-26)20(28)22-15-7-8-18(16(21)10-15)27-14(4)9-13(3)24-27/h7-11,19H,5-6,12H2,1-4H3,(H,22,28). The van der Waals surface area contributed by atoms with Crippen LogP contribution < -0.4 is 5.32 Å². The summed E-state index contributed by atoms with van der Waals surface area (Å²) < 4.78 is 28.5. The second-order valence-corrected chi connectivity index (χ2v) is 6.63. The molecule has 0 atom stereocenters. The van der Waals surface area contributed by atoms with Gasteiger partial charge in [0.2, 0.25) is 0 Å². The molecule has 0 radical (unpaired) electrons. The second-order valence-electron chi connectivity index (χ2n) is 6.63. The van der Waals surface area contributed by atoms with E-state index < -0.39 is 18.0 Å². The molecule has 9 nitrogen and oxygen atoms in total. The maximum Gasteiger partial charge on any atom is 0.277 e. The van der Waals surface area contributed by atoms with Crippen molar-refractivity contribution in [3.63, 3.8) is 0 Å². The van der Waals surface area contributed by atoms with Crippen LogP contribution in [0.3, 0.4) is 0 Å². The Balaban J connectivity index is 1.68. The summed E-state index contributed by atoms with van der Waals surface area (Å²) in [5.74, 6) is -0.997. The Labute approximate surface area is 173 Å². The molecule has 0 aliphatic heterocycles. The van der Waals surface area contributed by atoms with Crippen LogP contribution in [0.25, 0.3) is 5.69 Å². The molecule has 0 aliphatic carbocycles. The fraction of sp³-hybridized carbons (Fsp3) is 0.400. The van der Waals surface area contributed by atoms with Gasteiger partial charge in [0.25, 0.3) is 5.91 Å². The number of aryl methyl sites for hydroxylation is 2. The van der Waals surface area contributed by atoms with E-state index in [9.17, 15) is 9.18 Å². The minimum absolute atomic E-state index is 0.102. The summed E-state index contributed by atoms with van der Waals surface area (Å²) in [6, 6.07) is 6.28. The van der Waals surface area contributed by atoms with Crippen molar-refractivity contribution < 1.29 is 18.7 Å². The third-order valence-corrected chi connectivity index (χ3v) is 4.26. The number of anilines is 1. The van der Waals surface area contributed by atoms with Crippen LogP contribution in [0.1, 0.15) is 35.7 Å². The maximum absolute atomic E-state index is 14.6. The molecule has 0 fully saturated rings. The van der Waals surface area contributed by atoms with Crippen molar-refractivity contribution in [2.24, 2.45) is 0 Å². The number of hydrogen-bond donors (Lipinski definition) is 1. The summed E-state index contributed by atoms with van der Waals surface area (Å²) in [5.41, 5.74) is 2.33. The van der Waals surface area contributed by atoms with Crippen molar-refractivity contribution >= 4 is 11.6 Å². The van der Waals surface area contributed by atoms with E-state index >= 15 is 0 Å². The maximum atomic E-state index is 14.6. The molecule has 3 aromatic rings. The van der Waals surface area contributed by atoms with E-state index in [0.29, 0.717) is 31.1 Å². The third kappa shape index (κ3) is 5.08. The lowest BCUT2D eigenvalue weighted by atomic mass is 10.2. The second kappa shape index (κ2) is 9.59. The molecule has 0 aliphatic rings. The summed E-state index contributed by atoms with van der Waals surface area (Å²) in [6.07, 6.45) is 1.01. The number of benzene rings is 1. The zero-order valence-corrected chi connectivity index (χ0v) is 17.4. The lowest BCUT2D eigenvalue weighted by Gasteiger charge is -2.16. The molecule has 0 saturated heterocycles. The monoisotopic (exact) mass is 416 g/mol. The number of rotatable bonds is 9. The molecule has 0 bridgehead atoms. The van der Waals surface area contributed by atoms with Gasteiger partial charge in [-0.05, 0) is 52.0 Å². The summed E-state index contributed by atoms with van der Waals surface area (Å²) in [6.45, 7) is 8.71. The number of nitrogens with zero attached hydrogens (tertiary/aromatic N) is 5. The highest BCUT2D eigenvalue weighted by molar-refractivity contribution is 6.02. The van der Waals surface area contributed by atoms with Crippen molar-refractivity contribution in [2.75, 3.05) is 18.5 Å². The van der Waals surface area contributed by atoms with Gasteiger partial charge in [-0.15, -0.1) is 5.10 Å². The first-order chi connectivity index (χ1) is 14.4. The zero-order valence-electron chi connectivity index (χ0n) is 17.4. The molecule has 2 aromatic heterocycles. The van der Waals surface area contributed by atoms with Crippen molar-refractivity contribution in [2.45, 2.75) is 40.5 Å². The number of aromatic nitrogens is 5. The van der Waals surface area contributed by atoms with Crippen LogP contribution >= 0.6 is 0 Å². The molecule has 3 rings (SSSR count). The van der Waals surface area contributed by atoms with E-state index in [1.165, 1.54) is 21.6 Å². The van der Waals surface area contributed by atoms with Crippen LogP contribution in [0.15, 0.2) is 30.5 Å². The van der Waals surface area contributed by atoms with E-state index in [1.807, 2.05) is 33.8 Å². The molecular formula is C20H25FN6O3. The van der Waals surface area contributed by atoms with Gasteiger partial charge in [-0.25, -0.2) is 13.8 Å². The van der Waals surface area contributed by atoms with Gasteiger partial charge >= 0.3 is 0 Å². The molecule has 1 amide bonds. The minimum atomic E-state index is -0.501. The smallest absolute Gasteiger partial charge is 0.277 e. The van der Waals surface area contributed by atoms with Gasteiger partial charge in [-0.2, -0.15) is 5.10 Å². The van der Waals surface area contributed by atoms with Crippen molar-refractivity contribution in [1.82, 2.24) is 24.8 Å². The average molecular weight is 416 g/mol. The van der Waals surface area contributed by atoms with Gasteiger partial charge in [-0.3, -0.25) is 4.79 Å². The number of amides is 1. The van der Waals surface area contributed by atoms with Crippen LogP contribution in [0.5, 0.6) is 0 Å². The Bertz CT molecular complexity index is 1010. The first-order valence-corrected chi connectivity index (χ1v) is 9.69. The van der Waals surface area contributed by atoms with Gasteiger partial charge in [0, 0.05) is 24.6 Å². The van der Waals surface area contributed by atoms with Gasteiger partial charge in [0.15, 0.2) is 17.8 Å². The molecule has 1 aromatic carbocycles. The zero-order chi connectivity index (χ0) is 21.7. The fourth-order valence-electron chi connectivity index (χ4n) is 2.99. The van der Waals surface area contributed by atoms with Gasteiger partial charge in [-0.1, -0.05) is 5.21 Å². The van der Waals surface area contributed by atoms with E-state index in [-0.39, 0.29) is 5.69 Å². The number of halogens is 1. The lowest BCUT2D eigenvalue weighted by Crippen LogP contribution is -2.24. The van der Waals surface area contributed by atoms with Crippen LogP contribution in [0.4, 0.5) is 10.1 Å². The fourth-order valence-corrected chi connectivity index (χ4v) is 2.99. The largest absolute Gasteiger partial charge is 0.351 e. The Hall–Kier alpha value is -3.11. The number of ether oxygens (including phenoxy) is 2. The lowest BCUT2D eigenvalue weighted by molar-refractivity contribution is -0.145. The SMILES string of the molecule is CCOC(Cn1cc(C(=O)Nc2ccc(-n3nc(C)cc3C)c(F)c2)nn1)OCC. The first-order valence-electron chi connectivity index (χ1n) is 9.69. The number of hydrogen-bond acceptors (Lipinski definition) is 6. The topological polar surface area (TPSA) is 96.1 Å². The highest BCUT2D eigenvalue weighted by atomic mass is 19.1. The normalized spacial score (nSPS) is 11.3. The highest BCUT2D eigenvalue weighted by Gasteiger charge is 2.16. The molecule has 160 valence electrons. The van der Waals surface area contributed by atoms with Gasteiger partial charge in [0.05, 0.1) is 18.4 Å². The Morgan fingerprint density at radius 2 is 1.93 bits per heavy atom. The van der Waals surface area contributed by atoms with Crippen molar-refractivity contribution in [1.29, 1.82) is 0 Å². The molecule has 30 heavy (non-hydrogen) atoms. The average Bonchev–Trinajstić information content (AvgIpc) is 3.28. The Morgan fingerprint density at radius 3 is 2.53 bits per heavy atom. The molecule has 2 heterocycles. The summed E-state index contributed by atoms with van der Waals surface area (Å²) in [5, 5.41) is 14.7. The minimum Gasteiger partial charge on any atom is -0.351 e. The number of carbonyl (C=O) groups excluding carboxylic acids is 1. The van der Waals surface area contributed by atoms with Crippen LogP contribution in [-0.2, 0) is 16.0 Å². The predicted molar refractivity (Wildman–Crippen MR) is 108 cm³/mol. The van der Waals surface area contributed by atoms with Gasteiger partial charge in [0.1, 0.15) is 5.69 Å². The molecule has 10 heteroatoms. The molecule has 0 spiro atoms. The van der Waals surface area contributed by atoms with E-state index in [4.69, 9.17) is 9.47 Å². The quantitative estimate of drug-likeness (QED) is 0.539. The van der Waals surface area contributed by atoms with Crippen LogP contribution in [0, 0.1) is 19.7 Å². The van der Waals surface area contributed by atoms with Crippen LogP contribution in [-0.4, -0.2) is 50.2 Å². The van der Waals surface area contributed by atoms with Crippen molar-refractivity contribution in [3.05, 3.63) is 53.4 Å². The Morgan fingerprint density at radius 1 is 1.20 bits per heavy atom. The molecule has 1 N–H and O–H groups in total. The predicted octanol–water partition coefficient (Wildman–Crippen LogP) is 2.87. The van der Waals surface area contributed by atoms with E-state index in [0.717, 1.165) is 11.4 Å². The van der Waals surface area contributed by atoms with Crippen molar-refractivity contribution in [3.8, 4) is 5.69 Å². The molecule has 0 saturated carbocycles. The van der Waals surface area contributed by atoms with Crippen LogP contribution in [0.2, 0.25) is 0 Å². The Kier molecular flexibility index (Phi) is 6.91. The first kappa shape index (κ1) is 21.6. The summed E-state index contributed by atoms with van der Waals surface area (Å²) in [7, 11) is 0. The number of carbonyl (C=O) groups is 1. The summed E-state index contributed by atoms with van der Waals surface area (Å²) in [4.78, 5) is 12.5. The van der Waals surface area contributed by atoms with E-state index in [1.54, 1.807) is 12.1 Å². The van der Waals surface area contributed by atoms with Gasteiger partial charge < -0.3 is 14.8 Å². The highest BCUT2D eigenvalue weighted by Crippen LogP contribution is 2.20. The molecule has 0 unspecified atom stereocenters. The number of nitrogens with one attached hydrogen (secondary N) is 1. The molecular weight excluding hydrogens is 391 g/mol. The van der Waals surface area contributed by atoms with E-state index in [2.05, 4.69) is 20.7 Å². The third-order valence-electron chi connectivity index (χ3n) is 4.26.